The van der Waals surface area contributed by atoms with E-state index in [4.69, 9.17) is 0 Å². The van der Waals surface area contributed by atoms with E-state index >= 15 is 0 Å². The van der Waals surface area contributed by atoms with Gasteiger partial charge in [0.2, 0.25) is 5.82 Å². The quantitative estimate of drug-likeness (QED) is 0.897. The number of likely N-dealkylation sites (N-methyl/N-ethyl adjacent to an activating group) is 1. The molecule has 0 spiro atoms. The molecule has 20 heavy (non-hydrogen) atoms. The fourth-order valence-corrected chi connectivity index (χ4v) is 3.37. The second-order valence-electron chi connectivity index (χ2n) is 5.95. The van der Waals surface area contributed by atoms with Crippen molar-refractivity contribution < 1.29 is 4.79 Å². The third-order valence-electron chi connectivity index (χ3n) is 4.65. The first-order valence-electron chi connectivity index (χ1n) is 7.61. The van der Waals surface area contributed by atoms with Crippen molar-refractivity contribution >= 4 is 5.91 Å². The molecule has 0 radical (unpaired) electrons. The molecule has 0 aliphatic carbocycles. The van der Waals surface area contributed by atoms with Crippen molar-refractivity contribution in [2.24, 2.45) is 0 Å². The summed E-state index contributed by atoms with van der Waals surface area (Å²) in [5.41, 5.74) is 0. The van der Waals surface area contributed by atoms with Crippen molar-refractivity contribution in [3.8, 4) is 0 Å². The number of nitrogens with one attached hydrogen (secondary N) is 1. The van der Waals surface area contributed by atoms with Crippen LogP contribution < -0.4 is 0 Å². The Labute approximate surface area is 119 Å². The number of likely N-dealkylation sites (tertiary alicyclic amines) is 1. The van der Waals surface area contributed by atoms with E-state index in [1.165, 1.54) is 12.8 Å². The van der Waals surface area contributed by atoms with Gasteiger partial charge in [-0.15, -0.1) is 5.10 Å². The highest BCUT2D eigenvalue weighted by Gasteiger charge is 2.36. The number of hydrogen-bond acceptors (Lipinski definition) is 4. The molecule has 2 unspecified atom stereocenters. The van der Waals surface area contributed by atoms with Gasteiger partial charge in [0.05, 0.1) is 0 Å². The number of nitrogens with zero attached hydrogens (tertiary/aromatic N) is 4. The summed E-state index contributed by atoms with van der Waals surface area (Å²) >= 11 is 0. The predicted octanol–water partition coefficient (Wildman–Crippen LogP) is 1.07. The Kier molecular flexibility index (Phi) is 3.74. The lowest BCUT2D eigenvalue weighted by molar-refractivity contribution is 0.0728. The lowest BCUT2D eigenvalue weighted by Gasteiger charge is -2.24. The maximum atomic E-state index is 12.5. The Morgan fingerprint density at radius 2 is 2.15 bits per heavy atom. The van der Waals surface area contributed by atoms with Crippen molar-refractivity contribution in [2.45, 2.75) is 51.1 Å². The number of rotatable bonds is 3. The first-order chi connectivity index (χ1) is 9.69. The SMILES string of the molecule is CCCc1nc(C(=O)N2CCC3CCC(C2)N3C)n[nH]1. The molecule has 2 saturated heterocycles. The molecule has 2 aliphatic rings. The van der Waals surface area contributed by atoms with E-state index in [-0.39, 0.29) is 5.91 Å². The average Bonchev–Trinajstić information content (AvgIpc) is 2.96. The van der Waals surface area contributed by atoms with Gasteiger partial charge in [-0.2, -0.15) is 0 Å². The predicted molar refractivity (Wildman–Crippen MR) is 75.5 cm³/mol. The smallest absolute Gasteiger partial charge is 0.293 e. The molecule has 6 nitrogen and oxygen atoms in total. The van der Waals surface area contributed by atoms with Crippen molar-refractivity contribution in [1.82, 2.24) is 25.0 Å². The summed E-state index contributed by atoms with van der Waals surface area (Å²) in [6.07, 6.45) is 5.37. The van der Waals surface area contributed by atoms with Crippen LogP contribution in [-0.4, -0.2) is 63.1 Å². The molecule has 2 bridgehead atoms. The van der Waals surface area contributed by atoms with Gasteiger partial charge < -0.3 is 4.90 Å². The second-order valence-corrected chi connectivity index (χ2v) is 5.95. The topological polar surface area (TPSA) is 65.1 Å². The van der Waals surface area contributed by atoms with Crippen molar-refractivity contribution in [3.05, 3.63) is 11.6 Å². The van der Waals surface area contributed by atoms with Gasteiger partial charge in [0.1, 0.15) is 5.82 Å². The number of hydrogen-bond donors (Lipinski definition) is 1. The first-order valence-corrected chi connectivity index (χ1v) is 7.61. The maximum absolute atomic E-state index is 12.5. The van der Waals surface area contributed by atoms with Gasteiger partial charge in [-0.05, 0) is 32.7 Å². The van der Waals surface area contributed by atoms with Gasteiger partial charge in [-0.1, -0.05) is 6.92 Å². The van der Waals surface area contributed by atoms with Gasteiger partial charge >= 0.3 is 0 Å². The molecule has 2 aliphatic heterocycles. The van der Waals surface area contributed by atoms with E-state index in [2.05, 4.69) is 34.1 Å². The highest BCUT2D eigenvalue weighted by molar-refractivity contribution is 5.90. The summed E-state index contributed by atoms with van der Waals surface area (Å²) in [5.74, 6) is 1.11. The molecule has 1 amide bonds. The minimum absolute atomic E-state index is 0.0236. The number of carbonyl (C=O) groups is 1. The summed E-state index contributed by atoms with van der Waals surface area (Å²) < 4.78 is 0. The van der Waals surface area contributed by atoms with Crippen LogP contribution in [0, 0.1) is 0 Å². The number of aromatic amines is 1. The zero-order valence-electron chi connectivity index (χ0n) is 12.3. The third-order valence-corrected chi connectivity index (χ3v) is 4.65. The monoisotopic (exact) mass is 277 g/mol. The lowest BCUT2D eigenvalue weighted by atomic mass is 10.1. The molecule has 110 valence electrons. The van der Waals surface area contributed by atoms with Gasteiger partial charge in [0.15, 0.2) is 0 Å². The van der Waals surface area contributed by atoms with Gasteiger partial charge in [0, 0.05) is 31.6 Å². The molecule has 3 heterocycles. The zero-order chi connectivity index (χ0) is 14.1. The van der Waals surface area contributed by atoms with Gasteiger partial charge in [0.25, 0.3) is 5.91 Å². The van der Waals surface area contributed by atoms with Crippen LogP contribution in [0.25, 0.3) is 0 Å². The average molecular weight is 277 g/mol. The number of fused-ring (bicyclic) bond motifs is 2. The molecule has 0 aromatic carbocycles. The Balaban J connectivity index is 1.70. The molecule has 1 aromatic heterocycles. The van der Waals surface area contributed by atoms with Crippen LogP contribution in [-0.2, 0) is 6.42 Å². The van der Waals surface area contributed by atoms with Crippen molar-refractivity contribution in [3.63, 3.8) is 0 Å². The molecule has 2 fully saturated rings. The van der Waals surface area contributed by atoms with Crippen LogP contribution in [0.1, 0.15) is 49.1 Å². The zero-order valence-corrected chi connectivity index (χ0v) is 12.3. The van der Waals surface area contributed by atoms with Crippen LogP contribution in [0.3, 0.4) is 0 Å². The molecular formula is C14H23N5O. The van der Waals surface area contributed by atoms with Crippen LogP contribution in [0.5, 0.6) is 0 Å². The van der Waals surface area contributed by atoms with E-state index in [0.717, 1.165) is 38.2 Å². The Morgan fingerprint density at radius 1 is 1.35 bits per heavy atom. The molecule has 2 atom stereocenters. The van der Waals surface area contributed by atoms with Crippen molar-refractivity contribution in [1.29, 1.82) is 0 Å². The highest BCUT2D eigenvalue weighted by Crippen LogP contribution is 2.28. The van der Waals surface area contributed by atoms with Crippen LogP contribution in [0.4, 0.5) is 0 Å². The fraction of sp³-hybridized carbons (Fsp3) is 0.786. The molecule has 0 saturated carbocycles. The maximum Gasteiger partial charge on any atom is 0.293 e. The first kappa shape index (κ1) is 13.5. The molecule has 1 aromatic rings. The number of carbonyl (C=O) groups excluding carboxylic acids is 1. The normalized spacial score (nSPS) is 26.8. The summed E-state index contributed by atoms with van der Waals surface area (Å²) in [6.45, 7) is 3.72. The summed E-state index contributed by atoms with van der Waals surface area (Å²) in [6, 6.07) is 1.14. The Morgan fingerprint density at radius 3 is 2.95 bits per heavy atom. The number of aromatic nitrogens is 3. The molecule has 3 rings (SSSR count). The minimum atomic E-state index is -0.0236. The third kappa shape index (κ3) is 2.44. The highest BCUT2D eigenvalue weighted by atomic mass is 16.2. The largest absolute Gasteiger partial charge is 0.334 e. The summed E-state index contributed by atoms with van der Waals surface area (Å²) in [5, 5.41) is 6.95. The Hall–Kier alpha value is -1.43. The molecular weight excluding hydrogens is 254 g/mol. The van der Waals surface area contributed by atoms with Crippen LogP contribution in [0.15, 0.2) is 0 Å². The standard InChI is InChI=1S/C14H23N5O/c1-3-4-12-15-13(17-16-12)14(20)19-8-7-10-5-6-11(9-19)18(10)2/h10-11H,3-9H2,1-2H3,(H,15,16,17). The van der Waals surface area contributed by atoms with E-state index in [1.54, 1.807) is 0 Å². The fourth-order valence-electron chi connectivity index (χ4n) is 3.37. The van der Waals surface area contributed by atoms with Crippen molar-refractivity contribution in [2.75, 3.05) is 20.1 Å². The summed E-state index contributed by atoms with van der Waals surface area (Å²) in [4.78, 5) is 21.2. The van der Waals surface area contributed by atoms with Gasteiger partial charge in [-0.3, -0.25) is 14.8 Å². The van der Waals surface area contributed by atoms with E-state index in [0.29, 0.717) is 17.9 Å². The number of aryl methyl sites for hydroxylation is 1. The number of H-pyrrole nitrogens is 1. The van der Waals surface area contributed by atoms with Crippen LogP contribution in [0.2, 0.25) is 0 Å². The lowest BCUT2D eigenvalue weighted by Crippen LogP contribution is -2.40. The van der Waals surface area contributed by atoms with Crippen LogP contribution >= 0.6 is 0 Å². The van der Waals surface area contributed by atoms with E-state index < -0.39 is 0 Å². The van der Waals surface area contributed by atoms with E-state index in [9.17, 15) is 4.79 Å². The minimum Gasteiger partial charge on any atom is -0.334 e. The molecule has 1 N–H and O–H groups in total. The number of amides is 1. The molecule has 6 heteroatoms. The Bertz CT molecular complexity index is 486. The second kappa shape index (κ2) is 5.52. The van der Waals surface area contributed by atoms with E-state index in [1.807, 2.05) is 4.90 Å². The summed E-state index contributed by atoms with van der Waals surface area (Å²) in [7, 11) is 2.18. The van der Waals surface area contributed by atoms with Gasteiger partial charge in [-0.25, -0.2) is 4.98 Å².